The van der Waals surface area contributed by atoms with Crippen molar-refractivity contribution in [3.05, 3.63) is 60.6 Å². The number of carbonyl (C=O) groups is 1. The predicted octanol–water partition coefficient (Wildman–Crippen LogP) is 8.22. The van der Waals surface area contributed by atoms with E-state index in [1.165, 1.54) is 29.8 Å². The zero-order valence-corrected chi connectivity index (χ0v) is 26.8. The van der Waals surface area contributed by atoms with Crippen LogP contribution in [0.3, 0.4) is 0 Å². The molecule has 2 aromatic rings. The molecule has 3 N–H and O–H groups in total. The summed E-state index contributed by atoms with van der Waals surface area (Å²) in [6.45, 7) is 13.9. The molecule has 0 radical (unpaired) electrons. The molecule has 2 unspecified atom stereocenters. The van der Waals surface area contributed by atoms with Gasteiger partial charge in [0.2, 0.25) is 0 Å². The summed E-state index contributed by atoms with van der Waals surface area (Å²) < 4.78 is 53.6. The summed E-state index contributed by atoms with van der Waals surface area (Å²) in [5.41, 5.74) is 3.73. The van der Waals surface area contributed by atoms with E-state index in [1.54, 1.807) is 13.1 Å². The van der Waals surface area contributed by atoms with Crippen LogP contribution in [0.25, 0.3) is 5.57 Å². The first-order valence-corrected chi connectivity index (χ1v) is 15.5. The highest BCUT2D eigenvalue weighted by Gasteiger charge is 2.35. The van der Waals surface area contributed by atoms with Gasteiger partial charge in [-0.15, -0.1) is 13.2 Å². The van der Waals surface area contributed by atoms with E-state index in [2.05, 4.69) is 53.4 Å². The number of aliphatic hydroxyl groups is 2. The number of Topliss-reactive ketones (excluding diaryl/α,β-unsaturated/α-hetero) is 1. The van der Waals surface area contributed by atoms with E-state index in [0.717, 1.165) is 36.9 Å². The van der Waals surface area contributed by atoms with Gasteiger partial charge in [-0.05, 0) is 67.5 Å². The largest absolute Gasteiger partial charge is 0.573 e. The number of nitrogens with zero attached hydrogens (tertiary/aromatic N) is 2. The second kappa shape index (κ2) is 17.9. The Balaban J connectivity index is 0.000000681. The lowest BCUT2D eigenvalue weighted by atomic mass is 9.85. The number of carbonyl (C=O) groups excluding carboxylic acids is 1. The second-order valence-electron chi connectivity index (χ2n) is 11.2. The Kier molecular flexibility index (Phi) is 15.0. The van der Waals surface area contributed by atoms with Crippen molar-refractivity contribution in [1.29, 1.82) is 0 Å². The SMILES string of the molecule is C=C(F)C(=O)C(C)CC.CCC/C=C(\c1c(N2CC(C(O)CO)C2)ccnc1Nc1ccc(OC(F)(F)F)cc1)C(CC)CC. The van der Waals surface area contributed by atoms with Crippen LogP contribution in [0.2, 0.25) is 0 Å². The zero-order valence-electron chi connectivity index (χ0n) is 26.8. The Morgan fingerprint density at radius 3 is 2.22 bits per heavy atom. The third-order valence-corrected chi connectivity index (χ3v) is 7.96. The molecule has 0 aliphatic carbocycles. The van der Waals surface area contributed by atoms with E-state index >= 15 is 0 Å². The first-order valence-electron chi connectivity index (χ1n) is 15.5. The summed E-state index contributed by atoms with van der Waals surface area (Å²) in [6, 6.07) is 7.56. The Morgan fingerprint density at radius 1 is 1.13 bits per heavy atom. The number of nitrogens with one attached hydrogen (secondary N) is 1. The van der Waals surface area contributed by atoms with E-state index in [4.69, 9.17) is 0 Å². The summed E-state index contributed by atoms with van der Waals surface area (Å²) in [5.74, 6) is -0.890. The maximum Gasteiger partial charge on any atom is 0.573 e. The van der Waals surface area contributed by atoms with Gasteiger partial charge in [-0.2, -0.15) is 0 Å². The summed E-state index contributed by atoms with van der Waals surface area (Å²) >= 11 is 0. The van der Waals surface area contributed by atoms with Gasteiger partial charge < -0.3 is 25.2 Å². The van der Waals surface area contributed by atoms with Crippen LogP contribution in [-0.4, -0.2) is 53.1 Å². The van der Waals surface area contributed by atoms with Gasteiger partial charge in [0.25, 0.3) is 0 Å². The highest BCUT2D eigenvalue weighted by molar-refractivity contribution is 5.94. The van der Waals surface area contributed by atoms with Crippen LogP contribution in [0.4, 0.5) is 34.8 Å². The molecule has 3 rings (SSSR count). The molecule has 1 fully saturated rings. The van der Waals surface area contributed by atoms with Gasteiger partial charge in [-0.1, -0.05) is 53.7 Å². The van der Waals surface area contributed by atoms with Crippen LogP contribution in [0.5, 0.6) is 5.75 Å². The molecule has 1 saturated heterocycles. The van der Waals surface area contributed by atoms with E-state index < -0.39 is 24.1 Å². The summed E-state index contributed by atoms with van der Waals surface area (Å²) in [6.07, 6.45) is 2.96. The van der Waals surface area contributed by atoms with Gasteiger partial charge in [-0.25, -0.2) is 9.37 Å². The van der Waals surface area contributed by atoms with Crippen molar-refractivity contribution in [1.82, 2.24) is 4.98 Å². The molecule has 250 valence electrons. The molecule has 1 aromatic heterocycles. The van der Waals surface area contributed by atoms with Crippen molar-refractivity contribution in [3.8, 4) is 5.75 Å². The van der Waals surface area contributed by atoms with E-state index in [9.17, 15) is 32.6 Å². The Morgan fingerprint density at radius 2 is 1.76 bits per heavy atom. The van der Waals surface area contributed by atoms with E-state index in [1.807, 2.05) is 13.0 Å². The highest BCUT2D eigenvalue weighted by Crippen LogP contribution is 2.42. The van der Waals surface area contributed by atoms with Crippen molar-refractivity contribution in [2.24, 2.45) is 17.8 Å². The average Bonchev–Trinajstić information content (AvgIpc) is 2.98. The fourth-order valence-corrected chi connectivity index (χ4v) is 5.03. The number of anilines is 3. The molecular weight excluding hydrogens is 590 g/mol. The Labute approximate surface area is 264 Å². The average molecular weight is 638 g/mol. The van der Waals surface area contributed by atoms with Gasteiger partial charge in [-0.3, -0.25) is 4.79 Å². The van der Waals surface area contributed by atoms with Crippen molar-refractivity contribution in [2.75, 3.05) is 29.9 Å². The number of aliphatic hydroxyl groups excluding tert-OH is 2. The second-order valence-corrected chi connectivity index (χ2v) is 11.2. The molecule has 0 spiro atoms. The maximum absolute atomic E-state index is 12.5. The summed E-state index contributed by atoms with van der Waals surface area (Å²) in [7, 11) is 0. The van der Waals surface area contributed by atoms with Crippen LogP contribution in [-0.2, 0) is 4.79 Å². The molecular formula is C34H47F4N3O4. The molecule has 1 aromatic carbocycles. The van der Waals surface area contributed by atoms with E-state index in [0.29, 0.717) is 36.9 Å². The third kappa shape index (κ3) is 11.1. The van der Waals surface area contributed by atoms with Crippen molar-refractivity contribution in [2.45, 2.75) is 79.2 Å². The minimum atomic E-state index is -4.75. The van der Waals surface area contributed by atoms with Gasteiger partial charge in [0.15, 0.2) is 11.6 Å². The number of rotatable bonds is 15. The number of hydrogen-bond donors (Lipinski definition) is 3. The minimum absolute atomic E-state index is 0.00943. The number of pyridine rings is 1. The first kappa shape index (κ1) is 37.7. The number of hydrogen-bond acceptors (Lipinski definition) is 7. The normalized spacial score (nSPS) is 15.1. The minimum Gasteiger partial charge on any atom is -0.406 e. The zero-order chi connectivity index (χ0) is 33.7. The molecule has 11 heteroatoms. The van der Waals surface area contributed by atoms with Gasteiger partial charge in [0.05, 0.1) is 12.7 Å². The smallest absolute Gasteiger partial charge is 0.406 e. The lowest BCUT2D eigenvalue weighted by Gasteiger charge is -2.44. The number of allylic oxidation sites excluding steroid dienone is 3. The maximum atomic E-state index is 12.5. The highest BCUT2D eigenvalue weighted by atomic mass is 19.4. The molecule has 0 saturated carbocycles. The van der Waals surface area contributed by atoms with Gasteiger partial charge >= 0.3 is 6.36 Å². The predicted molar refractivity (Wildman–Crippen MR) is 171 cm³/mol. The van der Waals surface area contributed by atoms with Crippen LogP contribution in [0.15, 0.2) is 55.0 Å². The lowest BCUT2D eigenvalue weighted by molar-refractivity contribution is -0.274. The molecule has 7 nitrogen and oxygen atoms in total. The number of aromatic nitrogens is 1. The van der Waals surface area contributed by atoms with Crippen molar-refractivity contribution >= 4 is 28.5 Å². The lowest BCUT2D eigenvalue weighted by Crippen LogP contribution is -2.53. The molecule has 0 amide bonds. The van der Waals surface area contributed by atoms with Crippen molar-refractivity contribution < 1.29 is 37.3 Å². The first-order chi connectivity index (χ1) is 21.3. The molecule has 1 aliphatic rings. The fraction of sp³-hybridized carbons (Fsp3) is 0.529. The molecule has 2 heterocycles. The number of ketones is 1. The molecule has 0 bridgehead atoms. The number of unbranched alkanes of at least 4 members (excludes halogenated alkanes) is 1. The number of alkyl halides is 3. The van der Waals surface area contributed by atoms with Crippen LogP contribution >= 0.6 is 0 Å². The monoisotopic (exact) mass is 637 g/mol. The molecule has 2 atom stereocenters. The topological polar surface area (TPSA) is 94.9 Å². The summed E-state index contributed by atoms with van der Waals surface area (Å²) in [5, 5.41) is 22.7. The van der Waals surface area contributed by atoms with Crippen molar-refractivity contribution in [3.63, 3.8) is 0 Å². The third-order valence-electron chi connectivity index (χ3n) is 7.96. The van der Waals surface area contributed by atoms with Gasteiger partial charge in [0.1, 0.15) is 11.6 Å². The Hall–Kier alpha value is -3.44. The molecule has 45 heavy (non-hydrogen) atoms. The number of halogens is 4. The fourth-order valence-electron chi connectivity index (χ4n) is 5.03. The molecule has 1 aliphatic heterocycles. The van der Waals surface area contributed by atoms with Crippen LogP contribution < -0.4 is 15.0 Å². The Bertz CT molecular complexity index is 1260. The number of benzene rings is 1. The quantitative estimate of drug-likeness (QED) is 0.134. The number of ether oxygens (including phenoxy) is 1. The van der Waals surface area contributed by atoms with E-state index in [-0.39, 0.29) is 24.2 Å². The van der Waals surface area contributed by atoms with Gasteiger partial charge in [0, 0.05) is 48.1 Å². The standard InChI is InChI=1S/C27H36F3N3O3.C7H11FO/c1-4-7-8-22(18(5-2)6-3)25-23(33-15-19(16-33)24(35)17-34)13-14-31-26(25)32-20-9-11-21(12-10-20)36-27(28,29)30;1-4-5(2)7(9)6(3)8/h8-14,18-19,24,34-35H,4-7,15-17H2,1-3H3,(H,31,32);5H,3-4H2,1-2H3/b22-8-;. The summed E-state index contributed by atoms with van der Waals surface area (Å²) in [4.78, 5) is 17.4. The van der Waals surface area contributed by atoms with Crippen LogP contribution in [0, 0.1) is 17.8 Å². The van der Waals surface area contributed by atoms with Crippen LogP contribution in [0.1, 0.15) is 72.3 Å².